The number of hydrogen-bond donors (Lipinski definition) is 1. The Morgan fingerprint density at radius 3 is 2.62 bits per heavy atom. The summed E-state index contributed by atoms with van der Waals surface area (Å²) in [4.78, 5) is 6.10. The highest BCUT2D eigenvalue weighted by molar-refractivity contribution is 7.71. The van der Waals surface area contributed by atoms with Crippen LogP contribution in [0.3, 0.4) is 0 Å². The molecule has 0 amide bonds. The second-order valence-corrected chi connectivity index (χ2v) is 9.33. The molecule has 1 aliphatic carbocycles. The molecule has 1 fully saturated rings. The van der Waals surface area contributed by atoms with Gasteiger partial charge in [-0.15, -0.1) is 11.3 Å². The Labute approximate surface area is 179 Å². The third-order valence-corrected chi connectivity index (χ3v) is 6.76. The predicted molar refractivity (Wildman–Crippen MR) is 119 cm³/mol. The standard InChI is InChI=1S/C22H23N5S2/c1-25(14-20-23-18-9-5-6-10-19(18)29-20)15-27-22(28)26(21(24-27)17-11-12-17)13-16-7-3-2-4-8-16/h2-10,17H,11-15H2,1H3/p+1. The van der Waals surface area contributed by atoms with Crippen LogP contribution in [-0.2, 0) is 19.8 Å². The average molecular weight is 423 g/mol. The molecule has 2 heterocycles. The van der Waals surface area contributed by atoms with E-state index in [1.54, 1.807) is 11.3 Å². The maximum absolute atomic E-state index is 5.83. The number of quaternary nitrogens is 1. The van der Waals surface area contributed by atoms with E-state index >= 15 is 0 Å². The van der Waals surface area contributed by atoms with Crippen LogP contribution in [0.5, 0.6) is 0 Å². The number of para-hydroxylation sites is 1. The highest BCUT2D eigenvalue weighted by Crippen LogP contribution is 2.39. The van der Waals surface area contributed by atoms with Crippen molar-refractivity contribution in [3.63, 3.8) is 0 Å². The van der Waals surface area contributed by atoms with Crippen LogP contribution in [0.4, 0.5) is 0 Å². The minimum atomic E-state index is 0.561. The van der Waals surface area contributed by atoms with Crippen LogP contribution in [0.1, 0.15) is 35.2 Å². The molecule has 2 aromatic heterocycles. The van der Waals surface area contributed by atoms with Crippen molar-refractivity contribution in [2.24, 2.45) is 0 Å². The number of aromatic nitrogens is 4. The summed E-state index contributed by atoms with van der Waals surface area (Å²) in [7, 11) is 2.18. The molecule has 5 rings (SSSR count). The summed E-state index contributed by atoms with van der Waals surface area (Å²) >= 11 is 7.60. The van der Waals surface area contributed by atoms with Gasteiger partial charge in [0.15, 0.2) is 6.67 Å². The summed E-state index contributed by atoms with van der Waals surface area (Å²) in [5, 5.41) is 6.08. The Kier molecular flexibility index (Phi) is 5.03. The SMILES string of the molecule is C[NH+](Cc1nc2ccccc2s1)Cn1nc(C2CC2)n(Cc2ccccc2)c1=S. The van der Waals surface area contributed by atoms with Gasteiger partial charge < -0.3 is 4.90 Å². The van der Waals surface area contributed by atoms with Gasteiger partial charge in [0, 0.05) is 5.92 Å². The van der Waals surface area contributed by atoms with Crippen molar-refractivity contribution in [2.75, 3.05) is 7.05 Å². The van der Waals surface area contributed by atoms with Crippen LogP contribution >= 0.6 is 23.6 Å². The van der Waals surface area contributed by atoms with Gasteiger partial charge >= 0.3 is 0 Å². The van der Waals surface area contributed by atoms with Gasteiger partial charge in [-0.25, -0.2) is 4.98 Å². The van der Waals surface area contributed by atoms with Crippen LogP contribution in [-0.4, -0.2) is 26.4 Å². The Bertz CT molecular complexity index is 1150. The molecule has 1 unspecified atom stereocenters. The van der Waals surface area contributed by atoms with Crippen LogP contribution in [0.25, 0.3) is 10.2 Å². The summed E-state index contributed by atoms with van der Waals surface area (Å²) in [6.07, 6.45) is 2.43. The quantitative estimate of drug-likeness (QED) is 0.463. The molecule has 0 bridgehead atoms. The summed E-state index contributed by atoms with van der Waals surface area (Å²) in [5.74, 6) is 1.71. The minimum Gasteiger partial charge on any atom is -0.313 e. The van der Waals surface area contributed by atoms with Gasteiger partial charge in [0.1, 0.15) is 17.4 Å². The fourth-order valence-corrected chi connectivity index (χ4v) is 5.03. The summed E-state index contributed by atoms with van der Waals surface area (Å²) in [6, 6.07) is 18.8. The zero-order chi connectivity index (χ0) is 19.8. The molecule has 1 saturated carbocycles. The first kappa shape index (κ1) is 18.7. The highest BCUT2D eigenvalue weighted by atomic mass is 32.1. The van der Waals surface area contributed by atoms with Crippen molar-refractivity contribution < 1.29 is 4.90 Å². The van der Waals surface area contributed by atoms with Gasteiger partial charge in [-0.2, -0.15) is 9.78 Å². The summed E-state index contributed by atoms with van der Waals surface area (Å²) in [6.45, 7) is 2.41. The molecule has 29 heavy (non-hydrogen) atoms. The van der Waals surface area contributed by atoms with Crippen molar-refractivity contribution in [1.29, 1.82) is 0 Å². The maximum atomic E-state index is 5.83. The van der Waals surface area contributed by atoms with Gasteiger partial charge in [0.2, 0.25) is 4.77 Å². The Morgan fingerprint density at radius 1 is 1.10 bits per heavy atom. The zero-order valence-electron chi connectivity index (χ0n) is 16.4. The van der Waals surface area contributed by atoms with Gasteiger partial charge in [0.05, 0.1) is 23.8 Å². The number of nitrogens with zero attached hydrogens (tertiary/aromatic N) is 4. The molecule has 148 valence electrons. The van der Waals surface area contributed by atoms with E-state index in [9.17, 15) is 0 Å². The molecule has 0 radical (unpaired) electrons. The number of hydrogen-bond acceptors (Lipinski definition) is 4. The normalized spacial score (nSPS) is 15.1. The van der Waals surface area contributed by atoms with E-state index in [0.29, 0.717) is 5.92 Å². The van der Waals surface area contributed by atoms with Crippen LogP contribution < -0.4 is 4.90 Å². The fraction of sp³-hybridized carbons (Fsp3) is 0.318. The van der Waals surface area contributed by atoms with Crippen molar-refractivity contribution >= 4 is 33.8 Å². The summed E-state index contributed by atoms with van der Waals surface area (Å²) in [5.41, 5.74) is 2.35. The number of rotatable bonds is 7. The van der Waals surface area contributed by atoms with E-state index in [1.165, 1.54) is 28.0 Å². The van der Waals surface area contributed by atoms with E-state index in [4.69, 9.17) is 22.3 Å². The van der Waals surface area contributed by atoms with Crippen LogP contribution in [0.2, 0.25) is 0 Å². The first-order valence-corrected chi connectivity index (χ1v) is 11.3. The Hall–Kier alpha value is -2.35. The molecule has 1 N–H and O–H groups in total. The van der Waals surface area contributed by atoms with Crippen LogP contribution in [0, 0.1) is 4.77 Å². The lowest BCUT2D eigenvalue weighted by atomic mass is 10.2. The lowest BCUT2D eigenvalue weighted by molar-refractivity contribution is -0.917. The second kappa shape index (κ2) is 7.82. The van der Waals surface area contributed by atoms with Gasteiger partial charge in [-0.05, 0) is 42.8 Å². The van der Waals surface area contributed by atoms with Gasteiger partial charge in [-0.3, -0.25) is 4.57 Å². The molecule has 2 aromatic carbocycles. The number of thiazole rings is 1. The average Bonchev–Trinajstić information content (AvgIpc) is 3.42. The molecule has 1 aliphatic rings. The van der Waals surface area contributed by atoms with Crippen molar-refractivity contribution in [3.05, 3.63) is 75.8 Å². The first-order chi connectivity index (χ1) is 14.2. The molecule has 5 nitrogen and oxygen atoms in total. The zero-order valence-corrected chi connectivity index (χ0v) is 18.0. The lowest BCUT2D eigenvalue weighted by Gasteiger charge is -2.12. The van der Waals surface area contributed by atoms with E-state index in [2.05, 4.69) is 54.1 Å². The van der Waals surface area contributed by atoms with Crippen molar-refractivity contribution in [1.82, 2.24) is 19.3 Å². The second-order valence-electron chi connectivity index (χ2n) is 7.85. The topological polar surface area (TPSA) is 40.1 Å². The fourth-order valence-electron chi connectivity index (χ4n) is 3.68. The Morgan fingerprint density at radius 2 is 1.86 bits per heavy atom. The van der Waals surface area contributed by atoms with E-state index < -0.39 is 0 Å². The molecule has 7 heteroatoms. The third-order valence-electron chi connectivity index (χ3n) is 5.29. The maximum Gasteiger partial charge on any atom is 0.203 e. The highest BCUT2D eigenvalue weighted by Gasteiger charge is 2.30. The number of benzene rings is 2. The first-order valence-electron chi connectivity index (χ1n) is 10.0. The monoisotopic (exact) mass is 422 g/mol. The predicted octanol–water partition coefficient (Wildman–Crippen LogP) is 3.62. The van der Waals surface area contributed by atoms with Crippen LogP contribution in [0.15, 0.2) is 54.6 Å². The van der Waals surface area contributed by atoms with Crippen molar-refractivity contribution in [2.45, 2.75) is 38.5 Å². The number of fused-ring (bicyclic) bond motifs is 1. The largest absolute Gasteiger partial charge is 0.313 e. The summed E-state index contributed by atoms with van der Waals surface area (Å²) < 4.78 is 6.30. The molecule has 4 aromatic rings. The van der Waals surface area contributed by atoms with E-state index in [1.807, 2.05) is 16.8 Å². The molecular weight excluding hydrogens is 398 g/mol. The van der Waals surface area contributed by atoms with Crippen molar-refractivity contribution in [3.8, 4) is 0 Å². The minimum absolute atomic E-state index is 0.561. The van der Waals surface area contributed by atoms with Gasteiger partial charge in [0.25, 0.3) is 0 Å². The molecule has 0 aliphatic heterocycles. The van der Waals surface area contributed by atoms with E-state index in [0.717, 1.165) is 40.9 Å². The van der Waals surface area contributed by atoms with Gasteiger partial charge in [-0.1, -0.05) is 42.5 Å². The van der Waals surface area contributed by atoms with E-state index in [-0.39, 0.29) is 0 Å². The lowest BCUT2D eigenvalue weighted by Crippen LogP contribution is -3.07. The molecular formula is C22H24N5S2+. The number of nitrogens with one attached hydrogen (secondary N) is 1. The third kappa shape index (κ3) is 4.03. The molecule has 1 atom stereocenters. The molecule has 0 saturated heterocycles. The molecule has 0 spiro atoms. The Balaban J connectivity index is 1.36. The smallest absolute Gasteiger partial charge is 0.203 e.